The second-order valence-electron chi connectivity index (χ2n) is 5.45. The number of nitrogens with one attached hydrogen (secondary N) is 1. The van der Waals surface area contributed by atoms with E-state index in [1.165, 1.54) is 12.1 Å². The fourth-order valence-corrected chi connectivity index (χ4v) is 2.54. The molecule has 0 bridgehead atoms. The number of hydrogen-bond donors (Lipinski definition) is 1. The summed E-state index contributed by atoms with van der Waals surface area (Å²) >= 11 is 0. The Morgan fingerprint density at radius 1 is 1.00 bits per heavy atom. The van der Waals surface area contributed by atoms with Crippen molar-refractivity contribution in [1.82, 2.24) is 25.5 Å². The third-order valence-electron chi connectivity index (χ3n) is 3.73. The van der Waals surface area contributed by atoms with Gasteiger partial charge < -0.3 is 5.32 Å². The molecule has 0 unspecified atom stereocenters. The molecule has 0 aliphatic carbocycles. The highest BCUT2D eigenvalue weighted by Crippen LogP contribution is 2.20. The molecule has 0 amide bonds. The highest BCUT2D eigenvalue weighted by atomic mass is 19.1. The van der Waals surface area contributed by atoms with Crippen LogP contribution in [0.5, 0.6) is 0 Å². The first-order chi connectivity index (χ1) is 11.1. The van der Waals surface area contributed by atoms with Gasteiger partial charge in [0.15, 0.2) is 5.82 Å². The zero-order valence-corrected chi connectivity index (χ0v) is 13.0. The fraction of sp³-hybridized carbons (Fsp3) is 0.235. The molecular weight excluding hydrogens is 293 g/mol. The normalized spacial score (nSPS) is 13.7. The van der Waals surface area contributed by atoms with Crippen LogP contribution >= 0.6 is 0 Å². The second-order valence-corrected chi connectivity index (χ2v) is 5.45. The molecule has 0 aliphatic heterocycles. The van der Waals surface area contributed by atoms with E-state index in [1.807, 2.05) is 50.2 Å². The van der Waals surface area contributed by atoms with Gasteiger partial charge in [-0.05, 0) is 54.1 Å². The zero-order valence-electron chi connectivity index (χ0n) is 13.0. The van der Waals surface area contributed by atoms with Crippen molar-refractivity contribution in [2.75, 3.05) is 0 Å². The van der Waals surface area contributed by atoms with Crippen molar-refractivity contribution in [3.05, 3.63) is 71.8 Å². The molecule has 0 saturated carbocycles. The lowest BCUT2D eigenvalue weighted by atomic mass is 10.1. The highest BCUT2D eigenvalue weighted by molar-refractivity contribution is 5.31. The third-order valence-corrected chi connectivity index (χ3v) is 3.73. The zero-order chi connectivity index (χ0) is 16.2. The molecule has 0 saturated heterocycles. The minimum atomic E-state index is -0.238. The predicted molar refractivity (Wildman–Crippen MR) is 85.5 cm³/mol. The molecule has 0 fully saturated rings. The number of hydrogen-bond acceptors (Lipinski definition) is 4. The topological polar surface area (TPSA) is 55.6 Å². The summed E-state index contributed by atoms with van der Waals surface area (Å²) in [6.07, 6.45) is 0. The number of tetrazole rings is 1. The molecule has 0 aliphatic rings. The van der Waals surface area contributed by atoms with Gasteiger partial charge in [-0.15, -0.1) is 5.10 Å². The largest absolute Gasteiger partial charge is 0.301 e. The van der Waals surface area contributed by atoms with Crippen molar-refractivity contribution in [1.29, 1.82) is 0 Å². The summed E-state index contributed by atoms with van der Waals surface area (Å²) in [6.45, 7) is 3.98. The summed E-state index contributed by atoms with van der Waals surface area (Å²) in [7, 11) is 0. The number of aromatic nitrogens is 4. The quantitative estimate of drug-likeness (QED) is 0.786. The molecule has 5 nitrogen and oxygen atoms in total. The van der Waals surface area contributed by atoms with Crippen molar-refractivity contribution in [2.24, 2.45) is 0 Å². The molecule has 23 heavy (non-hydrogen) atoms. The average molecular weight is 311 g/mol. The van der Waals surface area contributed by atoms with Crippen LogP contribution in [0.25, 0.3) is 5.69 Å². The van der Waals surface area contributed by atoms with Gasteiger partial charge in [0.2, 0.25) is 0 Å². The van der Waals surface area contributed by atoms with Crippen LogP contribution in [0.15, 0.2) is 54.6 Å². The number of halogens is 1. The van der Waals surface area contributed by atoms with E-state index in [9.17, 15) is 4.39 Å². The Morgan fingerprint density at radius 2 is 1.78 bits per heavy atom. The van der Waals surface area contributed by atoms with Crippen LogP contribution in [0.3, 0.4) is 0 Å². The smallest absolute Gasteiger partial charge is 0.173 e. The first-order valence-corrected chi connectivity index (χ1v) is 7.50. The van der Waals surface area contributed by atoms with Crippen LogP contribution in [0.1, 0.15) is 37.3 Å². The molecule has 1 heterocycles. The molecular formula is C17H18FN5. The molecule has 3 aromatic rings. The Bertz CT molecular complexity index is 771. The van der Waals surface area contributed by atoms with Crippen molar-refractivity contribution >= 4 is 0 Å². The van der Waals surface area contributed by atoms with Crippen molar-refractivity contribution in [3.63, 3.8) is 0 Å². The van der Waals surface area contributed by atoms with Crippen LogP contribution in [0.2, 0.25) is 0 Å². The Hall–Kier alpha value is -2.60. The summed E-state index contributed by atoms with van der Waals surface area (Å²) < 4.78 is 15.1. The first-order valence-electron chi connectivity index (χ1n) is 7.50. The standard InChI is InChI=1S/C17H18FN5/c1-12(14-7-6-8-15(18)11-14)19-13(2)17-20-21-22-23(17)16-9-4-3-5-10-16/h3-13,19H,1-2H3/t12-,13-/m1/s1. The SMILES string of the molecule is C[C@@H](N[C@H](C)c1nnnn1-c1ccccc1)c1cccc(F)c1. The third kappa shape index (κ3) is 3.43. The van der Waals surface area contributed by atoms with E-state index < -0.39 is 0 Å². The number of benzene rings is 2. The van der Waals surface area contributed by atoms with Crippen LogP contribution in [0, 0.1) is 5.82 Å². The number of rotatable bonds is 5. The Balaban J connectivity index is 1.79. The van der Waals surface area contributed by atoms with Gasteiger partial charge in [0, 0.05) is 6.04 Å². The summed E-state index contributed by atoms with van der Waals surface area (Å²) in [5.74, 6) is 0.470. The first kappa shape index (κ1) is 15.3. The molecule has 2 aromatic carbocycles. The van der Waals surface area contributed by atoms with E-state index >= 15 is 0 Å². The summed E-state index contributed by atoms with van der Waals surface area (Å²) in [4.78, 5) is 0. The van der Waals surface area contributed by atoms with Gasteiger partial charge >= 0.3 is 0 Å². The maximum Gasteiger partial charge on any atom is 0.173 e. The van der Waals surface area contributed by atoms with Crippen molar-refractivity contribution in [2.45, 2.75) is 25.9 Å². The lowest BCUT2D eigenvalue weighted by Gasteiger charge is -2.20. The lowest BCUT2D eigenvalue weighted by molar-refractivity contribution is 0.466. The highest BCUT2D eigenvalue weighted by Gasteiger charge is 2.18. The van der Waals surface area contributed by atoms with Gasteiger partial charge in [-0.2, -0.15) is 4.68 Å². The van der Waals surface area contributed by atoms with E-state index in [0.717, 1.165) is 11.3 Å². The molecule has 0 radical (unpaired) electrons. The van der Waals surface area contributed by atoms with Crippen molar-refractivity contribution < 1.29 is 4.39 Å². The number of para-hydroxylation sites is 1. The van der Waals surface area contributed by atoms with Gasteiger partial charge in [-0.1, -0.05) is 30.3 Å². The monoisotopic (exact) mass is 311 g/mol. The van der Waals surface area contributed by atoms with Gasteiger partial charge in [0.05, 0.1) is 11.7 Å². The molecule has 2 atom stereocenters. The Labute approximate surface area is 134 Å². The molecule has 1 N–H and O–H groups in total. The van der Waals surface area contributed by atoms with Crippen LogP contribution in [-0.4, -0.2) is 20.2 Å². The predicted octanol–water partition coefficient (Wildman–Crippen LogP) is 3.21. The fourth-order valence-electron chi connectivity index (χ4n) is 2.54. The Morgan fingerprint density at radius 3 is 2.52 bits per heavy atom. The summed E-state index contributed by atoms with van der Waals surface area (Å²) in [6, 6.07) is 16.2. The van der Waals surface area contributed by atoms with Gasteiger partial charge in [-0.3, -0.25) is 0 Å². The minimum absolute atomic E-state index is 0.0263. The molecule has 1 aromatic heterocycles. The second kappa shape index (κ2) is 6.66. The number of nitrogens with zero attached hydrogens (tertiary/aromatic N) is 4. The molecule has 6 heteroatoms. The van der Waals surface area contributed by atoms with Gasteiger partial charge in [0.25, 0.3) is 0 Å². The lowest BCUT2D eigenvalue weighted by Crippen LogP contribution is -2.25. The minimum Gasteiger partial charge on any atom is -0.301 e. The molecule has 0 spiro atoms. The average Bonchev–Trinajstić information content (AvgIpc) is 3.05. The summed E-state index contributed by atoms with van der Waals surface area (Å²) in [5, 5.41) is 15.4. The van der Waals surface area contributed by atoms with E-state index in [-0.39, 0.29) is 17.9 Å². The van der Waals surface area contributed by atoms with Crippen molar-refractivity contribution in [3.8, 4) is 5.69 Å². The Kier molecular flexibility index (Phi) is 4.43. The summed E-state index contributed by atoms with van der Waals surface area (Å²) in [5.41, 5.74) is 1.79. The maximum absolute atomic E-state index is 13.4. The van der Waals surface area contributed by atoms with E-state index in [4.69, 9.17) is 0 Å². The van der Waals surface area contributed by atoms with Gasteiger partial charge in [0.1, 0.15) is 5.82 Å². The van der Waals surface area contributed by atoms with Gasteiger partial charge in [-0.25, -0.2) is 4.39 Å². The van der Waals surface area contributed by atoms with Crippen LogP contribution < -0.4 is 5.32 Å². The molecule has 118 valence electrons. The van der Waals surface area contributed by atoms with E-state index in [2.05, 4.69) is 20.8 Å². The van der Waals surface area contributed by atoms with Crippen LogP contribution in [-0.2, 0) is 0 Å². The van der Waals surface area contributed by atoms with E-state index in [0.29, 0.717) is 5.82 Å². The van der Waals surface area contributed by atoms with Crippen LogP contribution in [0.4, 0.5) is 4.39 Å². The maximum atomic E-state index is 13.4. The van der Waals surface area contributed by atoms with E-state index in [1.54, 1.807) is 10.7 Å². The molecule has 3 rings (SSSR count).